The normalized spacial score (nSPS) is 24.3. The maximum Gasteiger partial charge on any atom is 0.481 e. The van der Waals surface area contributed by atoms with E-state index in [1.54, 1.807) is 12.2 Å². The number of nitrogens with two attached hydrogens (primary N) is 1. The van der Waals surface area contributed by atoms with Crippen molar-refractivity contribution in [3.05, 3.63) is 24.8 Å². The molecular weight excluding hydrogens is 1040 g/mol. The average Bonchev–Trinajstić information content (AvgIpc) is 3.94. The number of fused-ring (bicyclic) bond motifs is 1. The van der Waals surface area contributed by atoms with Crippen LogP contribution in [-0.2, 0) is 55.5 Å². The largest absolute Gasteiger partial charge is 0.481 e. The number of imidazole rings is 1. The number of nitrogens with zero attached hydrogens (tertiary/aromatic N) is 4. The Bertz CT molecular complexity index is 2310. The summed E-state index contributed by atoms with van der Waals surface area (Å²) in [5.41, 5.74) is 4.23. The number of carbonyl (C=O) groups excluding carboxylic acids is 4. The number of rotatable bonds is 32. The molecule has 0 spiro atoms. The summed E-state index contributed by atoms with van der Waals surface area (Å²) in [5, 5.41) is 47.2. The Morgan fingerprint density at radius 2 is 1.68 bits per heavy atom. The number of carbonyl (C=O) groups is 4. The third-order valence-electron chi connectivity index (χ3n) is 11.8. The third-order valence-corrected chi connectivity index (χ3v) is 15.8. The second-order valence-electron chi connectivity index (χ2n) is 18.1. The smallest absolute Gasteiger partial charge is 0.392 e. The molecule has 2 aromatic heterocycles. The number of phosphoric acid groups is 3. The van der Waals surface area contributed by atoms with Crippen molar-refractivity contribution >= 4 is 74.9 Å². The van der Waals surface area contributed by atoms with Crippen LogP contribution < -0.4 is 16.4 Å². The zero-order valence-electron chi connectivity index (χ0n) is 40.1. The summed E-state index contributed by atoms with van der Waals surface area (Å²) in [4.78, 5) is 101. The summed E-state index contributed by atoms with van der Waals surface area (Å²) in [7, 11) is -16.5. The summed E-state index contributed by atoms with van der Waals surface area (Å²) in [6.07, 6.45) is 2.84. The van der Waals surface area contributed by atoms with Crippen molar-refractivity contribution in [2.75, 3.05) is 37.8 Å². The SMILES string of the molecule is CCCCC[C@H](O)/C=C/[C@H]1[C@H](O)CC(=O)[C@@H]1CCCCCCC(=O)SCCNC(=O)CCNC(=O)C(O)C(C)(C)COP(=O)(O)OP(=O)(O)OCC1OC(n2cnc3c(N)ncnc32)C(O)C1OP(=O)(O)O. The first-order valence-corrected chi connectivity index (χ1v) is 28.9. The van der Waals surface area contributed by atoms with E-state index in [4.69, 9.17) is 19.5 Å². The van der Waals surface area contributed by atoms with Crippen molar-refractivity contribution in [1.29, 1.82) is 0 Å². The lowest BCUT2D eigenvalue weighted by atomic mass is 9.87. The molecule has 2 fully saturated rings. The number of amides is 2. The Morgan fingerprint density at radius 3 is 2.39 bits per heavy atom. The number of unbranched alkanes of at least 4 members (excludes halogenated alkanes) is 5. The number of hydrogen-bond donors (Lipinski definition) is 11. The predicted molar refractivity (Wildman–Crippen MR) is 257 cm³/mol. The van der Waals surface area contributed by atoms with E-state index in [0.29, 0.717) is 31.4 Å². The number of ketones is 1. The van der Waals surface area contributed by atoms with Gasteiger partial charge in [-0.3, -0.25) is 37.3 Å². The van der Waals surface area contributed by atoms with Crippen molar-refractivity contribution in [3.63, 3.8) is 0 Å². The van der Waals surface area contributed by atoms with E-state index in [1.807, 2.05) is 0 Å². The number of aromatic nitrogens is 4. The highest BCUT2D eigenvalue weighted by Crippen LogP contribution is 2.61. The highest BCUT2D eigenvalue weighted by molar-refractivity contribution is 8.13. The van der Waals surface area contributed by atoms with E-state index in [2.05, 4.69) is 41.3 Å². The molecule has 0 aromatic carbocycles. The topological polar surface area (TPSA) is 421 Å². The molecule has 3 heterocycles. The summed E-state index contributed by atoms with van der Waals surface area (Å²) in [5.74, 6) is -1.77. The van der Waals surface area contributed by atoms with Gasteiger partial charge >= 0.3 is 23.5 Å². The molecule has 0 radical (unpaired) electrons. The first kappa shape index (κ1) is 61.4. The monoisotopic (exact) mass is 1100 g/mol. The van der Waals surface area contributed by atoms with Crippen LogP contribution in [0, 0.1) is 17.3 Å². The average molecular weight is 1100 g/mol. The van der Waals surface area contributed by atoms with Gasteiger partial charge in [0.2, 0.25) is 11.8 Å². The Kier molecular flexibility index (Phi) is 24.0. The first-order valence-electron chi connectivity index (χ1n) is 23.4. The van der Waals surface area contributed by atoms with Crippen LogP contribution in [0.4, 0.5) is 5.82 Å². The van der Waals surface area contributed by atoms with Crippen molar-refractivity contribution in [3.8, 4) is 0 Å². The van der Waals surface area contributed by atoms with Gasteiger partial charge in [-0.1, -0.05) is 83.2 Å². The maximum absolute atomic E-state index is 12.8. The van der Waals surface area contributed by atoms with E-state index in [0.717, 1.165) is 67.5 Å². The Morgan fingerprint density at radius 1 is 0.972 bits per heavy atom. The number of anilines is 1. The van der Waals surface area contributed by atoms with Crippen LogP contribution in [-0.4, -0.2) is 151 Å². The number of thioether (sulfide) groups is 1. The molecule has 31 heteroatoms. The molecule has 1 saturated heterocycles. The van der Waals surface area contributed by atoms with E-state index in [1.165, 1.54) is 13.8 Å². The molecule has 1 aliphatic heterocycles. The molecule has 72 heavy (non-hydrogen) atoms. The molecule has 2 aromatic rings. The minimum atomic E-state index is -5.60. The summed E-state index contributed by atoms with van der Waals surface area (Å²) in [6, 6.07) is 0. The molecule has 27 nitrogen and oxygen atoms in total. The van der Waals surface area contributed by atoms with Crippen LogP contribution in [0.25, 0.3) is 11.2 Å². The summed E-state index contributed by atoms with van der Waals surface area (Å²) >= 11 is 1.07. The molecule has 1 saturated carbocycles. The number of phosphoric ester groups is 3. The van der Waals surface area contributed by atoms with Gasteiger partial charge < -0.3 is 61.1 Å². The van der Waals surface area contributed by atoms with Crippen LogP contribution in [0.15, 0.2) is 24.8 Å². The highest BCUT2D eigenvalue weighted by atomic mass is 32.2. The quantitative estimate of drug-likeness (QED) is 0.0284. The zero-order valence-corrected chi connectivity index (χ0v) is 43.6. The van der Waals surface area contributed by atoms with Crippen molar-refractivity contribution in [2.45, 2.75) is 141 Å². The van der Waals surface area contributed by atoms with E-state index >= 15 is 0 Å². The number of ether oxygens (including phenoxy) is 1. The van der Waals surface area contributed by atoms with Crippen LogP contribution >= 0.6 is 35.2 Å². The molecule has 0 bridgehead atoms. The fraction of sp³-hybridized carbons (Fsp3) is 0.732. The Labute approximate surface area is 419 Å². The van der Waals surface area contributed by atoms with Crippen molar-refractivity contribution in [1.82, 2.24) is 30.2 Å². The second-order valence-corrected chi connectivity index (χ2v) is 23.5. The van der Waals surface area contributed by atoms with Gasteiger partial charge in [0.15, 0.2) is 22.8 Å². The van der Waals surface area contributed by atoms with Crippen LogP contribution in [0.2, 0.25) is 0 Å². The lowest BCUT2D eigenvalue weighted by molar-refractivity contribution is -0.137. The minimum absolute atomic E-state index is 0.0219. The minimum Gasteiger partial charge on any atom is -0.392 e. The van der Waals surface area contributed by atoms with Gasteiger partial charge in [0, 0.05) is 55.4 Å². The van der Waals surface area contributed by atoms with Gasteiger partial charge in [-0.15, -0.1) is 0 Å². The summed E-state index contributed by atoms with van der Waals surface area (Å²) in [6.45, 7) is 2.46. The van der Waals surface area contributed by atoms with Gasteiger partial charge in [-0.25, -0.2) is 28.6 Å². The number of hydrogen-bond acceptors (Lipinski definition) is 21. The van der Waals surface area contributed by atoms with Crippen LogP contribution in [0.3, 0.4) is 0 Å². The van der Waals surface area contributed by atoms with Gasteiger partial charge in [0.05, 0.1) is 31.7 Å². The summed E-state index contributed by atoms with van der Waals surface area (Å²) < 4.78 is 62.5. The molecule has 7 unspecified atom stereocenters. The van der Waals surface area contributed by atoms with Crippen LogP contribution in [0.1, 0.15) is 104 Å². The molecule has 2 amide bonds. The predicted octanol–water partition coefficient (Wildman–Crippen LogP) is 2.07. The van der Waals surface area contributed by atoms with Gasteiger partial charge in [-0.05, 0) is 19.3 Å². The molecular formula is C41H68N7O20P3S. The Balaban J connectivity index is 1.09. The van der Waals surface area contributed by atoms with Crippen molar-refractivity contribution < 1.29 is 95.5 Å². The molecule has 1 aliphatic carbocycles. The van der Waals surface area contributed by atoms with E-state index < -0.39 is 96.8 Å². The fourth-order valence-corrected chi connectivity index (χ4v) is 11.5. The second kappa shape index (κ2) is 28.1. The molecule has 2 aliphatic rings. The lowest BCUT2D eigenvalue weighted by Gasteiger charge is -2.30. The maximum atomic E-state index is 12.8. The molecule has 408 valence electrons. The molecule has 12 N–H and O–H groups in total. The van der Waals surface area contributed by atoms with Gasteiger partial charge in [0.1, 0.15) is 42.0 Å². The number of nitrogens with one attached hydrogen (secondary N) is 2. The highest BCUT2D eigenvalue weighted by Gasteiger charge is 2.50. The number of Topliss-reactive ketones (excluding diaryl/α,β-unsaturated/α-hetero) is 1. The van der Waals surface area contributed by atoms with E-state index in [-0.39, 0.29) is 65.6 Å². The zero-order chi connectivity index (χ0) is 53.4. The van der Waals surface area contributed by atoms with E-state index in [9.17, 15) is 72.9 Å². The van der Waals surface area contributed by atoms with Crippen LogP contribution in [0.5, 0.6) is 0 Å². The number of aliphatic hydroxyl groups is 4. The number of nitrogen functional groups attached to an aromatic ring is 1. The molecule has 11 atom stereocenters. The van der Waals surface area contributed by atoms with Gasteiger partial charge in [0.25, 0.3) is 0 Å². The lowest BCUT2D eigenvalue weighted by Crippen LogP contribution is -2.46. The number of aliphatic hydroxyl groups excluding tert-OH is 4. The van der Waals surface area contributed by atoms with Gasteiger partial charge in [-0.2, -0.15) is 4.31 Å². The van der Waals surface area contributed by atoms with Crippen molar-refractivity contribution in [2.24, 2.45) is 17.3 Å². The fourth-order valence-electron chi connectivity index (χ4n) is 7.90. The third kappa shape index (κ3) is 19.5. The first-order chi connectivity index (χ1) is 33.7. The Hall–Kier alpha value is -3.11. The standard InChI is InChI=1S/C41H68N7O20P3S/c1-4-5-8-11-25(49)14-15-27-26(28(50)20-29(27)51)12-9-6-7-10-13-32(53)72-19-18-43-31(52)16-17-44-39(56)36(55)41(2,3)22-65-71(62,63)68-70(60,61)64-21-30-35(67-69(57,58)59)34(54)40(66-30)48-24-47-33-37(42)45-23-46-38(33)48/h14-15,23-27,29-30,34-36,40,49,51,54-55H,4-13,16-22H2,1-3H3,(H,43,52)(H,44,56)(H,60,61)(H,62,63)(H2,42,45,46)(H2,57,58,59)/b15-14+/t25-,26+,27+,29+,30?,34?,35?,36?,40?/m0/s1. The molecule has 4 rings (SSSR count).